The first kappa shape index (κ1) is 12.6. The van der Waals surface area contributed by atoms with Crippen molar-refractivity contribution in [1.82, 2.24) is 9.97 Å². The number of nitrogens with zero attached hydrogens (tertiary/aromatic N) is 1. The molecule has 1 atom stereocenters. The summed E-state index contributed by atoms with van der Waals surface area (Å²) < 4.78 is 0. The van der Waals surface area contributed by atoms with E-state index in [2.05, 4.69) is 23.8 Å². The fourth-order valence-electron chi connectivity index (χ4n) is 2.04. The summed E-state index contributed by atoms with van der Waals surface area (Å²) in [5, 5.41) is 0.445. The molecule has 2 rings (SSSR count). The van der Waals surface area contributed by atoms with Gasteiger partial charge in [0.05, 0.1) is 10.8 Å². The van der Waals surface area contributed by atoms with Crippen molar-refractivity contribution in [1.29, 1.82) is 0 Å². The number of thiophene rings is 1. The number of aromatic amines is 1. The van der Waals surface area contributed by atoms with Gasteiger partial charge in [-0.15, -0.1) is 22.9 Å². The van der Waals surface area contributed by atoms with Crippen molar-refractivity contribution in [3.63, 3.8) is 0 Å². The van der Waals surface area contributed by atoms with Crippen molar-refractivity contribution in [3.05, 3.63) is 26.6 Å². The molecule has 0 aliphatic carbocycles. The lowest BCUT2D eigenvalue weighted by Gasteiger charge is -2.05. The Bertz CT molecular complexity index is 613. The molecule has 5 heteroatoms. The van der Waals surface area contributed by atoms with Gasteiger partial charge in [-0.2, -0.15) is 0 Å². The number of H-pyrrole nitrogens is 1. The number of hydrogen-bond donors (Lipinski definition) is 1. The number of hydrogen-bond acceptors (Lipinski definition) is 3. The molecule has 0 saturated heterocycles. The highest BCUT2D eigenvalue weighted by atomic mass is 35.5. The molecule has 92 valence electrons. The van der Waals surface area contributed by atoms with E-state index in [1.54, 1.807) is 18.3 Å². The minimum Gasteiger partial charge on any atom is -0.309 e. The maximum atomic E-state index is 12.1. The van der Waals surface area contributed by atoms with Crippen LogP contribution in [-0.2, 0) is 0 Å². The molecule has 2 heterocycles. The minimum atomic E-state index is -0.281. The summed E-state index contributed by atoms with van der Waals surface area (Å²) in [6, 6.07) is 0. The number of fused-ring (bicyclic) bond motifs is 1. The van der Waals surface area contributed by atoms with Gasteiger partial charge >= 0.3 is 0 Å². The Labute approximate surface area is 109 Å². The minimum absolute atomic E-state index is 0.0782. The topological polar surface area (TPSA) is 45.8 Å². The van der Waals surface area contributed by atoms with E-state index >= 15 is 0 Å². The molecule has 1 unspecified atom stereocenters. The summed E-state index contributed by atoms with van der Waals surface area (Å²) in [7, 11) is 0. The summed E-state index contributed by atoms with van der Waals surface area (Å²) in [6.45, 7) is 8.01. The molecule has 0 radical (unpaired) electrons. The molecular weight excluding hydrogens is 256 g/mol. The van der Waals surface area contributed by atoms with Crippen molar-refractivity contribution < 1.29 is 0 Å². The Balaban J connectivity index is 2.82. The number of alkyl halides is 1. The molecule has 1 N–H and O–H groups in total. The standard InChI is InChI=1S/C12H15ClN2OS/c1-5(2)8-7(4)17-12-9(8)11(16)14-10(15-12)6(3)13/h5-6H,1-4H3,(H,14,15,16). The van der Waals surface area contributed by atoms with Crippen LogP contribution in [0.4, 0.5) is 0 Å². The molecule has 17 heavy (non-hydrogen) atoms. The largest absolute Gasteiger partial charge is 0.309 e. The van der Waals surface area contributed by atoms with Gasteiger partial charge in [0, 0.05) is 4.88 Å². The quantitative estimate of drug-likeness (QED) is 0.846. The Hall–Kier alpha value is -0.870. The van der Waals surface area contributed by atoms with E-state index in [0.717, 1.165) is 20.7 Å². The zero-order valence-electron chi connectivity index (χ0n) is 10.3. The number of aromatic nitrogens is 2. The molecule has 0 aromatic carbocycles. The molecule has 2 aromatic rings. The second-order valence-corrected chi connectivity index (χ2v) is 6.33. The summed E-state index contributed by atoms with van der Waals surface area (Å²) in [5.41, 5.74) is 1.03. The van der Waals surface area contributed by atoms with Crippen LogP contribution in [0.2, 0.25) is 0 Å². The highest BCUT2D eigenvalue weighted by molar-refractivity contribution is 7.18. The second-order valence-electron chi connectivity index (χ2n) is 4.47. The Morgan fingerprint density at radius 1 is 1.35 bits per heavy atom. The number of rotatable bonds is 2. The molecule has 0 fully saturated rings. The highest BCUT2D eigenvalue weighted by Gasteiger charge is 2.18. The maximum absolute atomic E-state index is 12.1. The Morgan fingerprint density at radius 2 is 2.00 bits per heavy atom. The number of aryl methyl sites for hydroxylation is 1. The third-order valence-electron chi connectivity index (χ3n) is 2.76. The summed E-state index contributed by atoms with van der Waals surface area (Å²) in [5.74, 6) is 0.867. The van der Waals surface area contributed by atoms with Gasteiger partial charge in [0.2, 0.25) is 0 Å². The monoisotopic (exact) mass is 270 g/mol. The first-order chi connectivity index (χ1) is 7.91. The van der Waals surface area contributed by atoms with Crippen LogP contribution in [0.5, 0.6) is 0 Å². The Kier molecular flexibility index (Phi) is 3.27. The van der Waals surface area contributed by atoms with Crippen LogP contribution >= 0.6 is 22.9 Å². The third kappa shape index (κ3) is 2.11. The van der Waals surface area contributed by atoms with E-state index in [-0.39, 0.29) is 10.9 Å². The summed E-state index contributed by atoms with van der Waals surface area (Å²) in [4.78, 5) is 21.2. The molecular formula is C12H15ClN2OS. The van der Waals surface area contributed by atoms with E-state index in [9.17, 15) is 4.79 Å². The molecule has 0 saturated carbocycles. The molecule has 0 aliphatic heterocycles. The lowest BCUT2D eigenvalue weighted by Crippen LogP contribution is -2.12. The maximum Gasteiger partial charge on any atom is 0.259 e. The first-order valence-corrected chi connectivity index (χ1v) is 6.84. The van der Waals surface area contributed by atoms with Crippen molar-refractivity contribution in [2.45, 2.75) is 39.0 Å². The molecule has 3 nitrogen and oxygen atoms in total. The van der Waals surface area contributed by atoms with E-state index in [0.29, 0.717) is 11.7 Å². The fourth-order valence-corrected chi connectivity index (χ4v) is 3.33. The predicted octanol–water partition coefficient (Wildman–Crippen LogP) is 3.72. The zero-order chi connectivity index (χ0) is 12.7. The van der Waals surface area contributed by atoms with Crippen LogP contribution in [0, 0.1) is 6.92 Å². The van der Waals surface area contributed by atoms with Crippen molar-refractivity contribution in [2.24, 2.45) is 0 Å². The average Bonchev–Trinajstić information content (AvgIpc) is 2.54. The van der Waals surface area contributed by atoms with Gasteiger partial charge in [-0.3, -0.25) is 4.79 Å². The second kappa shape index (κ2) is 4.42. The van der Waals surface area contributed by atoms with Gasteiger partial charge in [-0.05, 0) is 25.3 Å². The fraction of sp³-hybridized carbons (Fsp3) is 0.500. The molecule has 2 aromatic heterocycles. The van der Waals surface area contributed by atoms with Gasteiger partial charge in [0.15, 0.2) is 0 Å². The molecule has 0 spiro atoms. The van der Waals surface area contributed by atoms with Crippen LogP contribution in [-0.4, -0.2) is 9.97 Å². The first-order valence-electron chi connectivity index (χ1n) is 5.59. The Morgan fingerprint density at radius 3 is 2.53 bits per heavy atom. The zero-order valence-corrected chi connectivity index (χ0v) is 11.9. The smallest absolute Gasteiger partial charge is 0.259 e. The van der Waals surface area contributed by atoms with Crippen molar-refractivity contribution in [3.8, 4) is 0 Å². The molecule has 0 aliphatic rings. The summed E-state index contributed by atoms with van der Waals surface area (Å²) >= 11 is 7.52. The number of halogens is 1. The van der Waals surface area contributed by atoms with Gasteiger partial charge in [0.1, 0.15) is 10.7 Å². The normalized spacial score (nSPS) is 13.5. The van der Waals surface area contributed by atoms with Gasteiger partial charge < -0.3 is 4.98 Å². The summed E-state index contributed by atoms with van der Waals surface area (Å²) in [6.07, 6.45) is 0. The predicted molar refractivity (Wildman–Crippen MR) is 73.3 cm³/mol. The lowest BCUT2D eigenvalue weighted by atomic mass is 10.0. The molecule has 0 bridgehead atoms. The number of nitrogens with one attached hydrogen (secondary N) is 1. The van der Waals surface area contributed by atoms with Crippen LogP contribution < -0.4 is 5.56 Å². The van der Waals surface area contributed by atoms with Crippen LogP contribution in [0.25, 0.3) is 10.2 Å². The van der Waals surface area contributed by atoms with Gasteiger partial charge in [-0.25, -0.2) is 4.98 Å². The van der Waals surface area contributed by atoms with E-state index in [1.807, 2.05) is 6.92 Å². The van der Waals surface area contributed by atoms with Crippen LogP contribution in [0.1, 0.15) is 48.3 Å². The van der Waals surface area contributed by atoms with Crippen LogP contribution in [0.15, 0.2) is 4.79 Å². The van der Waals surface area contributed by atoms with Crippen LogP contribution in [0.3, 0.4) is 0 Å². The van der Waals surface area contributed by atoms with E-state index in [4.69, 9.17) is 11.6 Å². The third-order valence-corrected chi connectivity index (χ3v) is 3.98. The highest BCUT2D eigenvalue weighted by Crippen LogP contribution is 2.32. The van der Waals surface area contributed by atoms with E-state index < -0.39 is 0 Å². The lowest BCUT2D eigenvalue weighted by molar-refractivity contribution is 0.866. The molecule has 0 amide bonds. The van der Waals surface area contributed by atoms with Gasteiger partial charge in [0.25, 0.3) is 5.56 Å². The van der Waals surface area contributed by atoms with Crippen molar-refractivity contribution in [2.75, 3.05) is 0 Å². The SMILES string of the molecule is Cc1sc2nc(C(C)Cl)[nH]c(=O)c2c1C(C)C. The average molecular weight is 271 g/mol. The van der Waals surface area contributed by atoms with Crippen molar-refractivity contribution >= 4 is 33.2 Å². The van der Waals surface area contributed by atoms with E-state index in [1.165, 1.54) is 0 Å². The van der Waals surface area contributed by atoms with Gasteiger partial charge in [-0.1, -0.05) is 13.8 Å².